The second kappa shape index (κ2) is 35.7. The first-order valence-corrected chi connectivity index (χ1v) is 23.7. The fourth-order valence-electron chi connectivity index (χ4n) is 7.30. The number of amides is 1. The molecule has 0 aromatic carbocycles. The van der Waals surface area contributed by atoms with Crippen LogP contribution in [0.5, 0.6) is 0 Å². The second-order valence-electron chi connectivity index (χ2n) is 16.5. The SMILES string of the molecule is CC/C=C\C/C=C\C/C=C\C/C=C\C/C=C\C/C=C\CCCCCCCCC(=O)NC(COC1OC(CO)C(OC2OC(CO)C(O)C(O)C2O)C(O)C1O)C(O)CCCCCC. The van der Waals surface area contributed by atoms with Gasteiger partial charge in [0.1, 0.15) is 48.8 Å². The largest absolute Gasteiger partial charge is 0.394 e. The highest BCUT2D eigenvalue weighted by molar-refractivity contribution is 5.76. The summed E-state index contributed by atoms with van der Waals surface area (Å²) in [5.41, 5.74) is 0. The van der Waals surface area contributed by atoms with E-state index in [2.05, 4.69) is 92.1 Å². The fraction of sp³-hybridized carbons (Fsp3) is 0.735. The molecule has 0 bridgehead atoms. The molecule has 63 heavy (non-hydrogen) atoms. The van der Waals surface area contributed by atoms with Crippen LogP contribution in [0, 0.1) is 0 Å². The number of nitrogens with one attached hydrogen (secondary N) is 1. The van der Waals surface area contributed by atoms with Gasteiger partial charge in [-0.3, -0.25) is 4.79 Å². The predicted octanol–water partition coefficient (Wildman–Crippen LogP) is 5.26. The van der Waals surface area contributed by atoms with Gasteiger partial charge in [0, 0.05) is 6.42 Å². The van der Waals surface area contributed by atoms with Crippen LogP contribution in [0.4, 0.5) is 0 Å². The number of aliphatic hydroxyl groups is 8. The number of carbonyl (C=O) groups is 1. The number of aliphatic hydroxyl groups excluding tert-OH is 8. The van der Waals surface area contributed by atoms with E-state index >= 15 is 0 Å². The lowest BCUT2D eigenvalue weighted by Gasteiger charge is -2.46. The molecule has 2 fully saturated rings. The van der Waals surface area contributed by atoms with E-state index in [-0.39, 0.29) is 18.9 Å². The predicted molar refractivity (Wildman–Crippen MR) is 244 cm³/mol. The first-order valence-electron chi connectivity index (χ1n) is 23.7. The van der Waals surface area contributed by atoms with E-state index in [1.54, 1.807) is 0 Å². The van der Waals surface area contributed by atoms with Gasteiger partial charge in [-0.05, 0) is 64.2 Å². The summed E-state index contributed by atoms with van der Waals surface area (Å²) in [6.45, 7) is 2.56. The Labute approximate surface area is 377 Å². The Morgan fingerprint density at radius 1 is 0.587 bits per heavy atom. The molecule has 0 aliphatic carbocycles. The van der Waals surface area contributed by atoms with Crippen molar-refractivity contribution in [1.82, 2.24) is 5.32 Å². The molecule has 12 unspecified atom stereocenters. The van der Waals surface area contributed by atoms with E-state index in [1.165, 1.54) is 0 Å². The standard InChI is InChI=1S/C49H83NO13/c1-3-5-7-9-10-11-12-13-14-15-16-17-18-19-20-21-22-23-24-25-26-27-28-29-31-33-41(54)50-37(38(53)32-30-8-6-4-2)36-60-48-46(59)44(57)47(40(35-52)62-48)63-49-45(58)43(56)42(55)39(34-51)61-49/h5,7,10-11,13-14,16-17,19-20,22-23,37-40,42-49,51-53,55-59H,3-4,6,8-9,12,15,18,21,24-36H2,1-2H3,(H,50,54)/b7-5-,11-10-,14-13-,17-16-,20-19-,23-22-. The molecule has 9 N–H and O–H groups in total. The van der Waals surface area contributed by atoms with Crippen molar-refractivity contribution in [2.75, 3.05) is 19.8 Å². The van der Waals surface area contributed by atoms with Crippen LogP contribution >= 0.6 is 0 Å². The topological polar surface area (TPSA) is 228 Å². The van der Waals surface area contributed by atoms with E-state index in [1.807, 2.05) is 0 Å². The van der Waals surface area contributed by atoms with Crippen molar-refractivity contribution >= 4 is 5.91 Å². The summed E-state index contributed by atoms with van der Waals surface area (Å²) >= 11 is 0. The van der Waals surface area contributed by atoms with Gasteiger partial charge in [0.2, 0.25) is 5.91 Å². The van der Waals surface area contributed by atoms with Crippen LogP contribution in [0.25, 0.3) is 0 Å². The molecule has 0 radical (unpaired) electrons. The Hall–Kier alpha value is -2.57. The molecule has 14 heteroatoms. The zero-order valence-corrected chi connectivity index (χ0v) is 38.0. The third-order valence-electron chi connectivity index (χ3n) is 11.2. The molecule has 14 nitrogen and oxygen atoms in total. The number of hydrogen-bond donors (Lipinski definition) is 9. The molecular formula is C49H83NO13. The second-order valence-corrected chi connectivity index (χ2v) is 16.5. The van der Waals surface area contributed by atoms with Crippen molar-refractivity contribution < 1.29 is 64.6 Å². The van der Waals surface area contributed by atoms with Crippen LogP contribution in [0.3, 0.4) is 0 Å². The molecular weight excluding hydrogens is 811 g/mol. The Kier molecular flexibility index (Phi) is 32.0. The minimum absolute atomic E-state index is 0.236. The lowest BCUT2D eigenvalue weighted by molar-refractivity contribution is -0.359. The number of unbranched alkanes of at least 4 members (excludes halogenated alkanes) is 9. The van der Waals surface area contributed by atoms with Crippen LogP contribution < -0.4 is 5.32 Å². The van der Waals surface area contributed by atoms with Crippen LogP contribution in [-0.2, 0) is 23.7 Å². The highest BCUT2D eigenvalue weighted by Gasteiger charge is 2.51. The molecule has 2 heterocycles. The highest BCUT2D eigenvalue weighted by atomic mass is 16.7. The Balaban J connectivity index is 1.69. The third-order valence-corrected chi connectivity index (χ3v) is 11.2. The van der Waals surface area contributed by atoms with Gasteiger partial charge in [0.05, 0.1) is 32.0 Å². The molecule has 1 amide bonds. The number of rotatable bonds is 34. The average Bonchev–Trinajstić information content (AvgIpc) is 3.28. The number of ether oxygens (including phenoxy) is 4. The lowest BCUT2D eigenvalue weighted by Crippen LogP contribution is -2.65. The maximum absolute atomic E-state index is 13.0. The summed E-state index contributed by atoms with van der Waals surface area (Å²) in [5, 5.41) is 86.1. The molecule has 12 atom stereocenters. The molecule has 2 aliphatic heterocycles. The van der Waals surface area contributed by atoms with Gasteiger partial charge < -0.3 is 65.1 Å². The fourth-order valence-corrected chi connectivity index (χ4v) is 7.30. The molecule has 0 spiro atoms. The van der Waals surface area contributed by atoms with E-state index in [0.717, 1.165) is 103 Å². The quantitative estimate of drug-likeness (QED) is 0.0297. The van der Waals surface area contributed by atoms with Gasteiger partial charge in [0.15, 0.2) is 12.6 Å². The van der Waals surface area contributed by atoms with Crippen molar-refractivity contribution in [3.63, 3.8) is 0 Å². The zero-order valence-electron chi connectivity index (χ0n) is 38.0. The number of allylic oxidation sites excluding steroid dienone is 12. The zero-order chi connectivity index (χ0) is 46.1. The lowest BCUT2D eigenvalue weighted by atomic mass is 9.97. The molecule has 0 aromatic rings. The smallest absolute Gasteiger partial charge is 0.220 e. The molecule has 2 saturated heterocycles. The molecule has 0 saturated carbocycles. The Morgan fingerprint density at radius 3 is 1.67 bits per heavy atom. The minimum Gasteiger partial charge on any atom is -0.394 e. The van der Waals surface area contributed by atoms with Crippen molar-refractivity contribution in [3.05, 3.63) is 72.9 Å². The van der Waals surface area contributed by atoms with E-state index in [9.17, 15) is 45.6 Å². The monoisotopic (exact) mass is 894 g/mol. The molecule has 2 aliphatic rings. The summed E-state index contributed by atoms with van der Waals surface area (Å²) in [6.07, 6.45) is 27.0. The van der Waals surface area contributed by atoms with Crippen molar-refractivity contribution in [2.24, 2.45) is 0 Å². The third kappa shape index (κ3) is 23.4. The maximum atomic E-state index is 13.0. The summed E-state index contributed by atoms with van der Waals surface area (Å²) in [7, 11) is 0. The van der Waals surface area contributed by atoms with Gasteiger partial charge >= 0.3 is 0 Å². The summed E-state index contributed by atoms with van der Waals surface area (Å²) < 4.78 is 22.5. The first-order chi connectivity index (χ1) is 30.6. The molecule has 362 valence electrons. The van der Waals surface area contributed by atoms with Crippen LogP contribution in [-0.4, -0.2) is 140 Å². The summed E-state index contributed by atoms with van der Waals surface area (Å²) in [6, 6.07) is -0.836. The van der Waals surface area contributed by atoms with E-state index in [4.69, 9.17) is 18.9 Å². The number of hydrogen-bond acceptors (Lipinski definition) is 13. The Morgan fingerprint density at radius 2 is 1.10 bits per heavy atom. The first kappa shape index (κ1) is 56.6. The van der Waals surface area contributed by atoms with E-state index < -0.39 is 86.8 Å². The molecule has 2 rings (SSSR count). The van der Waals surface area contributed by atoms with Gasteiger partial charge in [0.25, 0.3) is 0 Å². The van der Waals surface area contributed by atoms with E-state index in [0.29, 0.717) is 12.8 Å². The number of carbonyl (C=O) groups excluding carboxylic acids is 1. The van der Waals surface area contributed by atoms with Crippen LogP contribution in [0.2, 0.25) is 0 Å². The van der Waals surface area contributed by atoms with Crippen LogP contribution in [0.1, 0.15) is 136 Å². The van der Waals surface area contributed by atoms with Gasteiger partial charge in [-0.15, -0.1) is 0 Å². The van der Waals surface area contributed by atoms with Crippen molar-refractivity contribution in [2.45, 2.75) is 209 Å². The summed E-state index contributed by atoms with van der Waals surface area (Å²) in [5.74, 6) is -0.236. The minimum atomic E-state index is -1.78. The normalized spacial score (nSPS) is 28.2. The Bertz CT molecular complexity index is 1330. The maximum Gasteiger partial charge on any atom is 0.220 e. The van der Waals surface area contributed by atoms with Crippen molar-refractivity contribution in [1.29, 1.82) is 0 Å². The van der Waals surface area contributed by atoms with Gasteiger partial charge in [-0.2, -0.15) is 0 Å². The highest BCUT2D eigenvalue weighted by Crippen LogP contribution is 2.30. The van der Waals surface area contributed by atoms with Gasteiger partial charge in [-0.1, -0.05) is 138 Å². The van der Waals surface area contributed by atoms with Crippen LogP contribution in [0.15, 0.2) is 72.9 Å². The van der Waals surface area contributed by atoms with Crippen molar-refractivity contribution in [3.8, 4) is 0 Å². The van der Waals surface area contributed by atoms with Gasteiger partial charge in [-0.25, -0.2) is 0 Å². The molecule has 0 aromatic heterocycles. The average molecular weight is 894 g/mol. The summed E-state index contributed by atoms with van der Waals surface area (Å²) in [4.78, 5) is 13.0.